The molecule has 29 heavy (non-hydrogen) atoms. The molecule has 0 saturated carbocycles. The molecule has 0 unspecified atom stereocenters. The molecule has 0 fully saturated rings. The first-order chi connectivity index (χ1) is 14.0. The summed E-state index contributed by atoms with van der Waals surface area (Å²) in [5.74, 6) is -1.36. The smallest absolute Gasteiger partial charge is 0.334 e. The Hall–Kier alpha value is -3.93. The molecule has 6 heteroatoms. The molecule has 2 heterocycles. The molecule has 0 N–H and O–H groups in total. The van der Waals surface area contributed by atoms with Gasteiger partial charge >= 0.3 is 5.97 Å². The van der Waals surface area contributed by atoms with E-state index in [1.165, 1.54) is 6.92 Å². The summed E-state index contributed by atoms with van der Waals surface area (Å²) in [6.07, 6.45) is 0. The summed E-state index contributed by atoms with van der Waals surface area (Å²) in [4.78, 5) is 38.8. The van der Waals surface area contributed by atoms with Gasteiger partial charge in [0.1, 0.15) is 23.0 Å². The quantitative estimate of drug-likeness (QED) is 0.300. The highest BCUT2D eigenvalue weighted by molar-refractivity contribution is 6.22. The van der Waals surface area contributed by atoms with Crippen LogP contribution in [0.5, 0.6) is 5.75 Å². The molecule has 1 atom stereocenters. The van der Waals surface area contributed by atoms with Gasteiger partial charge in [0.15, 0.2) is 0 Å². The summed E-state index contributed by atoms with van der Waals surface area (Å²) in [6, 6.07) is 18.1. The highest BCUT2D eigenvalue weighted by atomic mass is 16.5. The normalized spacial score (nSPS) is 14.4. The lowest BCUT2D eigenvalue weighted by Gasteiger charge is -2.20. The predicted octanol–water partition coefficient (Wildman–Crippen LogP) is 4.18. The lowest BCUT2D eigenvalue weighted by atomic mass is 10.1. The number of imide groups is 1. The van der Waals surface area contributed by atoms with Crippen LogP contribution in [0.4, 0.5) is 0 Å². The van der Waals surface area contributed by atoms with E-state index in [9.17, 15) is 14.4 Å². The van der Waals surface area contributed by atoms with Crippen LogP contribution in [0, 0.1) is 0 Å². The summed E-state index contributed by atoms with van der Waals surface area (Å²) in [6.45, 7) is 1.48. The van der Waals surface area contributed by atoms with Gasteiger partial charge in [-0.3, -0.25) is 14.5 Å². The van der Waals surface area contributed by atoms with Gasteiger partial charge in [0, 0.05) is 10.8 Å². The summed E-state index contributed by atoms with van der Waals surface area (Å²) >= 11 is 0. The molecule has 2 amide bonds. The number of amides is 2. The highest BCUT2D eigenvalue weighted by Gasteiger charge is 2.41. The van der Waals surface area contributed by atoms with Gasteiger partial charge in [0.25, 0.3) is 11.8 Å². The van der Waals surface area contributed by atoms with E-state index in [0.29, 0.717) is 22.5 Å². The van der Waals surface area contributed by atoms with Crippen LogP contribution in [-0.4, -0.2) is 28.7 Å². The van der Waals surface area contributed by atoms with Crippen molar-refractivity contribution in [2.24, 2.45) is 0 Å². The first-order valence-corrected chi connectivity index (χ1v) is 9.14. The van der Waals surface area contributed by atoms with E-state index in [1.54, 1.807) is 42.5 Å². The van der Waals surface area contributed by atoms with Crippen LogP contribution in [0.15, 0.2) is 71.1 Å². The summed E-state index contributed by atoms with van der Waals surface area (Å²) in [5, 5.41) is 1.73. The number of fused-ring (bicyclic) bond motifs is 4. The van der Waals surface area contributed by atoms with Crippen molar-refractivity contribution in [3.05, 3.63) is 77.9 Å². The Balaban J connectivity index is 1.42. The molecule has 5 rings (SSSR count). The van der Waals surface area contributed by atoms with Gasteiger partial charge in [-0.1, -0.05) is 30.3 Å². The van der Waals surface area contributed by atoms with E-state index in [1.807, 2.05) is 24.3 Å². The van der Waals surface area contributed by atoms with E-state index < -0.39 is 23.8 Å². The number of carbonyl (C=O) groups is 3. The third kappa shape index (κ3) is 2.61. The first-order valence-electron chi connectivity index (χ1n) is 9.14. The maximum atomic E-state index is 12.7. The van der Waals surface area contributed by atoms with Crippen molar-refractivity contribution in [3.8, 4) is 5.75 Å². The predicted molar refractivity (Wildman–Crippen MR) is 106 cm³/mol. The molecule has 1 aliphatic rings. The van der Waals surface area contributed by atoms with Gasteiger partial charge in [-0.05, 0) is 43.3 Å². The summed E-state index contributed by atoms with van der Waals surface area (Å²) < 4.78 is 11.3. The molecule has 1 aliphatic heterocycles. The van der Waals surface area contributed by atoms with Crippen molar-refractivity contribution in [1.82, 2.24) is 4.90 Å². The van der Waals surface area contributed by atoms with Crippen molar-refractivity contribution >= 4 is 39.7 Å². The Kier molecular flexibility index (Phi) is 3.74. The van der Waals surface area contributed by atoms with Crippen molar-refractivity contribution in [2.75, 3.05) is 0 Å². The molecule has 142 valence electrons. The lowest BCUT2D eigenvalue weighted by molar-refractivity contribution is -0.138. The molecule has 0 aliphatic carbocycles. The molecular formula is C23H15NO5. The minimum absolute atomic E-state index is 0.295. The van der Waals surface area contributed by atoms with Crippen molar-refractivity contribution in [3.63, 3.8) is 0 Å². The van der Waals surface area contributed by atoms with E-state index in [4.69, 9.17) is 9.15 Å². The van der Waals surface area contributed by atoms with Crippen molar-refractivity contribution < 1.29 is 23.5 Å². The van der Waals surface area contributed by atoms with E-state index in [-0.39, 0.29) is 0 Å². The molecule has 4 aromatic rings. The second-order valence-corrected chi connectivity index (χ2v) is 6.88. The van der Waals surface area contributed by atoms with Crippen molar-refractivity contribution in [2.45, 2.75) is 13.0 Å². The standard InChI is InChI=1S/C23H15NO5/c1-13(24-21(25)16-7-2-3-8-17(16)22(24)26)23(27)28-14-10-11-20-18(12-14)15-6-4-5-9-19(15)29-20/h2-13H,1H3/t13-/m1/s1. The number of furan rings is 1. The Bertz CT molecular complexity index is 1280. The fraction of sp³-hybridized carbons (Fsp3) is 0.0870. The minimum Gasteiger partial charge on any atom is -0.456 e. The van der Waals surface area contributed by atoms with E-state index in [2.05, 4.69) is 0 Å². The number of benzene rings is 3. The zero-order chi connectivity index (χ0) is 20.1. The number of carbonyl (C=O) groups excluding carboxylic acids is 3. The van der Waals surface area contributed by atoms with Crippen LogP contribution in [0.25, 0.3) is 21.9 Å². The van der Waals surface area contributed by atoms with Crippen molar-refractivity contribution in [1.29, 1.82) is 0 Å². The second-order valence-electron chi connectivity index (χ2n) is 6.88. The molecule has 6 nitrogen and oxygen atoms in total. The zero-order valence-corrected chi connectivity index (χ0v) is 15.4. The van der Waals surface area contributed by atoms with Crippen LogP contribution >= 0.6 is 0 Å². The Morgan fingerprint density at radius 3 is 2.21 bits per heavy atom. The highest BCUT2D eigenvalue weighted by Crippen LogP contribution is 2.32. The van der Waals surface area contributed by atoms with Gasteiger partial charge in [0.05, 0.1) is 11.1 Å². The Morgan fingerprint density at radius 1 is 0.862 bits per heavy atom. The Morgan fingerprint density at radius 2 is 1.48 bits per heavy atom. The molecule has 0 radical (unpaired) electrons. The average Bonchev–Trinajstić information content (AvgIpc) is 3.23. The van der Waals surface area contributed by atoms with Gasteiger partial charge in [-0.25, -0.2) is 4.79 Å². The Labute approximate surface area is 165 Å². The number of nitrogens with zero attached hydrogens (tertiary/aromatic N) is 1. The van der Waals surface area contributed by atoms with Gasteiger partial charge in [-0.2, -0.15) is 0 Å². The number of para-hydroxylation sites is 1. The van der Waals surface area contributed by atoms with Gasteiger partial charge < -0.3 is 9.15 Å². The maximum Gasteiger partial charge on any atom is 0.334 e. The molecular weight excluding hydrogens is 370 g/mol. The van der Waals surface area contributed by atoms with E-state index >= 15 is 0 Å². The summed E-state index contributed by atoms with van der Waals surface area (Å²) in [7, 11) is 0. The number of rotatable bonds is 3. The first kappa shape index (κ1) is 17.2. The van der Waals surface area contributed by atoms with Crippen LogP contribution in [0.2, 0.25) is 0 Å². The largest absolute Gasteiger partial charge is 0.456 e. The van der Waals surface area contributed by atoms with Crippen LogP contribution < -0.4 is 4.74 Å². The number of hydrogen-bond acceptors (Lipinski definition) is 5. The zero-order valence-electron chi connectivity index (χ0n) is 15.4. The third-order valence-corrected chi connectivity index (χ3v) is 5.12. The second kappa shape index (κ2) is 6.31. The molecule has 3 aromatic carbocycles. The summed E-state index contributed by atoms with van der Waals surface area (Å²) in [5.41, 5.74) is 2.01. The number of ether oxygens (including phenoxy) is 1. The fourth-order valence-electron chi connectivity index (χ4n) is 3.64. The number of hydrogen-bond donors (Lipinski definition) is 0. The third-order valence-electron chi connectivity index (χ3n) is 5.12. The maximum absolute atomic E-state index is 12.7. The molecule has 0 bridgehead atoms. The van der Waals surface area contributed by atoms with Crippen LogP contribution in [-0.2, 0) is 4.79 Å². The van der Waals surface area contributed by atoms with Gasteiger partial charge in [0.2, 0.25) is 0 Å². The average molecular weight is 385 g/mol. The lowest BCUT2D eigenvalue weighted by Crippen LogP contribution is -2.44. The topological polar surface area (TPSA) is 76.8 Å². The minimum atomic E-state index is -1.06. The van der Waals surface area contributed by atoms with Crippen LogP contribution in [0.1, 0.15) is 27.6 Å². The monoisotopic (exact) mass is 385 g/mol. The number of esters is 1. The molecule has 0 saturated heterocycles. The SMILES string of the molecule is C[C@H](C(=O)Oc1ccc2oc3ccccc3c2c1)N1C(=O)c2ccccc2C1=O. The fourth-order valence-corrected chi connectivity index (χ4v) is 3.64. The van der Waals surface area contributed by atoms with Crippen LogP contribution in [0.3, 0.4) is 0 Å². The molecule has 0 spiro atoms. The molecule has 1 aromatic heterocycles. The van der Waals surface area contributed by atoms with Gasteiger partial charge in [-0.15, -0.1) is 0 Å². The van der Waals surface area contributed by atoms with E-state index in [0.717, 1.165) is 21.3 Å².